The zero-order chi connectivity index (χ0) is 11.9. The fourth-order valence-corrected chi connectivity index (χ4v) is 1.51. The van der Waals surface area contributed by atoms with Gasteiger partial charge >= 0.3 is 0 Å². The quantitative estimate of drug-likeness (QED) is 0.788. The summed E-state index contributed by atoms with van der Waals surface area (Å²) >= 11 is 0. The van der Waals surface area contributed by atoms with Crippen LogP contribution in [0.5, 0.6) is 0 Å². The second-order valence-corrected chi connectivity index (χ2v) is 3.94. The minimum atomic E-state index is 0.757. The second-order valence-electron chi connectivity index (χ2n) is 3.94. The summed E-state index contributed by atoms with van der Waals surface area (Å²) in [5, 5.41) is 3.34. The van der Waals surface area contributed by atoms with Crippen molar-refractivity contribution in [2.24, 2.45) is 0 Å². The third-order valence-electron chi connectivity index (χ3n) is 2.45. The summed E-state index contributed by atoms with van der Waals surface area (Å²) in [7, 11) is 0. The molecule has 2 rings (SSSR count). The van der Waals surface area contributed by atoms with E-state index in [-0.39, 0.29) is 0 Å². The van der Waals surface area contributed by atoms with E-state index in [1.807, 2.05) is 25.4 Å². The summed E-state index contributed by atoms with van der Waals surface area (Å²) in [5.41, 5.74) is 3.17. The van der Waals surface area contributed by atoms with Crippen molar-refractivity contribution < 1.29 is 0 Å². The maximum atomic E-state index is 4.29. The van der Waals surface area contributed by atoms with Crippen LogP contribution in [0.25, 0.3) is 0 Å². The summed E-state index contributed by atoms with van der Waals surface area (Å²) in [6, 6.07) is 4.04. The number of aryl methyl sites for hydroxylation is 1. The summed E-state index contributed by atoms with van der Waals surface area (Å²) in [6.45, 7) is 3.61. The lowest BCUT2D eigenvalue weighted by Crippen LogP contribution is -2.17. The van der Waals surface area contributed by atoms with Crippen LogP contribution in [-0.2, 0) is 13.0 Å². The highest BCUT2D eigenvalue weighted by Crippen LogP contribution is 1.97. The van der Waals surface area contributed by atoms with Crippen LogP contribution in [0.15, 0.2) is 36.9 Å². The van der Waals surface area contributed by atoms with Crippen LogP contribution >= 0.6 is 0 Å². The van der Waals surface area contributed by atoms with Crippen molar-refractivity contribution in [3.63, 3.8) is 0 Å². The van der Waals surface area contributed by atoms with E-state index in [1.54, 1.807) is 12.4 Å². The van der Waals surface area contributed by atoms with Gasteiger partial charge in [-0.25, -0.2) is 0 Å². The molecule has 0 aliphatic carbocycles. The van der Waals surface area contributed by atoms with Crippen LogP contribution in [-0.4, -0.2) is 21.5 Å². The monoisotopic (exact) mass is 228 g/mol. The van der Waals surface area contributed by atoms with Crippen molar-refractivity contribution in [2.75, 3.05) is 6.54 Å². The van der Waals surface area contributed by atoms with Crippen LogP contribution in [0.2, 0.25) is 0 Å². The molecule has 2 heterocycles. The molecule has 17 heavy (non-hydrogen) atoms. The minimum absolute atomic E-state index is 0.757. The van der Waals surface area contributed by atoms with Crippen LogP contribution in [0.3, 0.4) is 0 Å². The first-order chi connectivity index (χ1) is 8.34. The molecule has 0 unspecified atom stereocenters. The average molecular weight is 228 g/mol. The van der Waals surface area contributed by atoms with E-state index < -0.39 is 0 Å². The molecule has 0 aromatic carbocycles. The second kappa shape index (κ2) is 6.06. The van der Waals surface area contributed by atoms with Crippen LogP contribution in [0.1, 0.15) is 17.0 Å². The Hall–Kier alpha value is -1.81. The van der Waals surface area contributed by atoms with Gasteiger partial charge in [0.2, 0.25) is 0 Å². The van der Waals surface area contributed by atoms with E-state index in [1.165, 1.54) is 5.56 Å². The van der Waals surface area contributed by atoms with Gasteiger partial charge in [-0.3, -0.25) is 15.0 Å². The van der Waals surface area contributed by atoms with E-state index >= 15 is 0 Å². The number of pyridine rings is 1. The summed E-state index contributed by atoms with van der Waals surface area (Å²) in [6.07, 6.45) is 8.27. The molecule has 0 saturated heterocycles. The van der Waals surface area contributed by atoms with Gasteiger partial charge in [-0.15, -0.1) is 0 Å². The zero-order valence-electron chi connectivity index (χ0n) is 9.93. The summed E-state index contributed by atoms with van der Waals surface area (Å²) in [5.74, 6) is 0. The molecule has 0 spiro atoms. The first kappa shape index (κ1) is 11.7. The van der Waals surface area contributed by atoms with Gasteiger partial charge in [-0.05, 0) is 31.5 Å². The van der Waals surface area contributed by atoms with Gasteiger partial charge in [0.25, 0.3) is 0 Å². The maximum Gasteiger partial charge on any atom is 0.0724 e. The minimum Gasteiger partial charge on any atom is -0.311 e. The molecule has 0 radical (unpaired) electrons. The predicted octanol–water partition coefficient (Wildman–Crippen LogP) is 1.51. The highest BCUT2D eigenvalue weighted by molar-refractivity contribution is 5.08. The van der Waals surface area contributed by atoms with Gasteiger partial charge < -0.3 is 5.32 Å². The van der Waals surface area contributed by atoms with E-state index in [4.69, 9.17) is 0 Å². The molecule has 88 valence electrons. The number of nitrogens with one attached hydrogen (secondary N) is 1. The first-order valence-corrected chi connectivity index (χ1v) is 5.72. The molecule has 0 amide bonds. The van der Waals surface area contributed by atoms with Crippen molar-refractivity contribution in [2.45, 2.75) is 19.9 Å². The Morgan fingerprint density at radius 2 is 2.12 bits per heavy atom. The zero-order valence-corrected chi connectivity index (χ0v) is 9.93. The van der Waals surface area contributed by atoms with Crippen LogP contribution in [0.4, 0.5) is 0 Å². The number of rotatable bonds is 5. The molecular weight excluding hydrogens is 212 g/mol. The lowest BCUT2D eigenvalue weighted by molar-refractivity contribution is 0.670. The van der Waals surface area contributed by atoms with Gasteiger partial charge in [0.1, 0.15) is 0 Å². The average Bonchev–Trinajstić information content (AvgIpc) is 2.38. The van der Waals surface area contributed by atoms with Gasteiger partial charge in [-0.2, -0.15) is 0 Å². The maximum absolute atomic E-state index is 4.29. The predicted molar refractivity (Wildman–Crippen MR) is 66.4 cm³/mol. The smallest absolute Gasteiger partial charge is 0.0724 e. The Morgan fingerprint density at radius 1 is 1.18 bits per heavy atom. The molecule has 0 aliphatic rings. The Kier molecular flexibility index (Phi) is 4.16. The Morgan fingerprint density at radius 3 is 2.82 bits per heavy atom. The Labute approximate surface area is 101 Å². The number of nitrogens with zero attached hydrogens (tertiary/aromatic N) is 3. The Bertz CT molecular complexity index is 439. The lowest BCUT2D eigenvalue weighted by Gasteiger charge is -2.04. The molecule has 2 aromatic heterocycles. The van der Waals surface area contributed by atoms with Crippen molar-refractivity contribution in [3.05, 3.63) is 53.9 Å². The summed E-state index contributed by atoms with van der Waals surface area (Å²) in [4.78, 5) is 12.6. The molecular formula is C13H16N4. The first-order valence-electron chi connectivity index (χ1n) is 5.72. The third kappa shape index (κ3) is 3.92. The number of hydrogen-bond donors (Lipinski definition) is 1. The SMILES string of the molecule is Cc1cnc(CNCCc2cccnc2)cn1. The van der Waals surface area contributed by atoms with E-state index in [2.05, 4.69) is 26.3 Å². The Balaban J connectivity index is 1.71. The molecule has 4 heteroatoms. The number of hydrogen-bond acceptors (Lipinski definition) is 4. The highest BCUT2D eigenvalue weighted by Gasteiger charge is 1.95. The van der Waals surface area contributed by atoms with E-state index in [9.17, 15) is 0 Å². The van der Waals surface area contributed by atoms with Crippen molar-refractivity contribution in [1.82, 2.24) is 20.3 Å². The van der Waals surface area contributed by atoms with Crippen molar-refractivity contribution in [1.29, 1.82) is 0 Å². The van der Waals surface area contributed by atoms with Crippen molar-refractivity contribution >= 4 is 0 Å². The lowest BCUT2D eigenvalue weighted by atomic mass is 10.2. The van der Waals surface area contributed by atoms with Crippen molar-refractivity contribution in [3.8, 4) is 0 Å². The fraction of sp³-hybridized carbons (Fsp3) is 0.308. The third-order valence-corrected chi connectivity index (χ3v) is 2.45. The standard InChI is InChI=1S/C13H16N4/c1-11-7-17-13(10-16-11)9-15-6-4-12-3-2-5-14-8-12/h2-3,5,7-8,10,15H,4,6,9H2,1H3. The molecule has 2 aromatic rings. The molecule has 0 bridgehead atoms. The van der Waals surface area contributed by atoms with Gasteiger partial charge in [-0.1, -0.05) is 6.07 Å². The van der Waals surface area contributed by atoms with Gasteiger partial charge in [0, 0.05) is 31.3 Å². The molecule has 0 atom stereocenters. The molecule has 4 nitrogen and oxygen atoms in total. The normalized spacial score (nSPS) is 10.4. The molecule has 0 saturated carbocycles. The molecule has 1 N–H and O–H groups in total. The largest absolute Gasteiger partial charge is 0.311 e. The van der Waals surface area contributed by atoms with Crippen LogP contribution < -0.4 is 5.32 Å². The molecule has 0 aliphatic heterocycles. The van der Waals surface area contributed by atoms with Crippen LogP contribution in [0, 0.1) is 6.92 Å². The van der Waals surface area contributed by atoms with E-state index in [0.29, 0.717) is 0 Å². The topological polar surface area (TPSA) is 50.7 Å². The van der Waals surface area contributed by atoms with E-state index in [0.717, 1.165) is 30.9 Å². The highest BCUT2D eigenvalue weighted by atomic mass is 14.9. The molecule has 0 fully saturated rings. The van der Waals surface area contributed by atoms with Gasteiger partial charge in [0.15, 0.2) is 0 Å². The fourth-order valence-electron chi connectivity index (χ4n) is 1.51. The van der Waals surface area contributed by atoms with Gasteiger partial charge in [0.05, 0.1) is 11.4 Å². The number of aromatic nitrogens is 3. The summed E-state index contributed by atoms with van der Waals surface area (Å²) < 4.78 is 0.